The van der Waals surface area contributed by atoms with Gasteiger partial charge in [-0.25, -0.2) is 0 Å². The van der Waals surface area contributed by atoms with Crippen LogP contribution in [0.4, 0.5) is 0 Å². The zero-order valence-electron chi connectivity index (χ0n) is 8.51. The molecule has 0 N–H and O–H groups in total. The van der Waals surface area contributed by atoms with Gasteiger partial charge in [-0.15, -0.1) is 0 Å². The summed E-state index contributed by atoms with van der Waals surface area (Å²) in [7, 11) is 0. The van der Waals surface area contributed by atoms with Gasteiger partial charge in [0.05, 0.1) is 6.07 Å². The summed E-state index contributed by atoms with van der Waals surface area (Å²) in [5, 5.41) is 8.28. The second-order valence-corrected chi connectivity index (χ2v) is 3.48. The van der Waals surface area contributed by atoms with Crippen molar-refractivity contribution in [2.45, 2.75) is 58.3 Å². The largest absolute Gasteiger partial charge is 0.300 e. The van der Waals surface area contributed by atoms with Crippen LogP contribution in [0.5, 0.6) is 0 Å². The van der Waals surface area contributed by atoms with Gasteiger partial charge in [-0.05, 0) is 19.8 Å². The van der Waals surface area contributed by atoms with Crippen molar-refractivity contribution in [2.24, 2.45) is 0 Å². The van der Waals surface area contributed by atoms with Crippen LogP contribution in [0.2, 0.25) is 0 Å². The summed E-state index contributed by atoms with van der Waals surface area (Å²) in [6.07, 6.45) is 8.22. The van der Waals surface area contributed by atoms with Gasteiger partial charge in [0.2, 0.25) is 0 Å². The minimum atomic E-state index is 0.296. The van der Waals surface area contributed by atoms with E-state index < -0.39 is 0 Å². The van der Waals surface area contributed by atoms with E-state index in [9.17, 15) is 4.79 Å². The highest BCUT2D eigenvalue weighted by Gasteiger charge is 1.94. The van der Waals surface area contributed by atoms with Crippen LogP contribution in [-0.2, 0) is 4.79 Å². The molecule has 0 aliphatic heterocycles. The van der Waals surface area contributed by atoms with Crippen molar-refractivity contribution in [3.8, 4) is 6.07 Å². The van der Waals surface area contributed by atoms with Crippen LogP contribution in [-0.4, -0.2) is 5.78 Å². The Kier molecular flexibility index (Phi) is 8.65. The van der Waals surface area contributed by atoms with E-state index in [1.54, 1.807) is 6.92 Å². The minimum Gasteiger partial charge on any atom is -0.300 e. The third kappa shape index (κ3) is 11.2. The standard InChI is InChI=1S/C11H19NO/c1-11(13)9-7-5-3-2-4-6-8-10-12/h2-9H2,1H3. The SMILES string of the molecule is CC(=O)CCCCCCCCC#N. The van der Waals surface area contributed by atoms with E-state index in [1.165, 1.54) is 12.8 Å². The second kappa shape index (κ2) is 9.25. The van der Waals surface area contributed by atoms with Crippen LogP contribution in [0.15, 0.2) is 0 Å². The molecule has 0 aliphatic carbocycles. The van der Waals surface area contributed by atoms with E-state index in [4.69, 9.17) is 5.26 Å². The molecule has 0 aromatic carbocycles. The second-order valence-electron chi connectivity index (χ2n) is 3.48. The number of carbonyl (C=O) groups excluding carboxylic acids is 1. The van der Waals surface area contributed by atoms with Gasteiger partial charge in [0.1, 0.15) is 5.78 Å². The van der Waals surface area contributed by atoms with Crippen molar-refractivity contribution in [1.29, 1.82) is 5.26 Å². The first-order valence-electron chi connectivity index (χ1n) is 5.13. The number of nitrogens with zero attached hydrogens (tertiary/aromatic N) is 1. The van der Waals surface area contributed by atoms with E-state index in [-0.39, 0.29) is 0 Å². The van der Waals surface area contributed by atoms with Crippen molar-refractivity contribution in [3.63, 3.8) is 0 Å². The van der Waals surface area contributed by atoms with Crippen molar-refractivity contribution in [1.82, 2.24) is 0 Å². The number of carbonyl (C=O) groups is 1. The summed E-state index contributed by atoms with van der Waals surface area (Å²) in [4.78, 5) is 10.6. The van der Waals surface area contributed by atoms with Crippen molar-refractivity contribution in [3.05, 3.63) is 0 Å². The van der Waals surface area contributed by atoms with Crippen molar-refractivity contribution >= 4 is 5.78 Å². The maximum Gasteiger partial charge on any atom is 0.129 e. The Balaban J connectivity index is 2.92. The predicted molar refractivity (Wildman–Crippen MR) is 53.2 cm³/mol. The number of nitriles is 1. The Labute approximate surface area is 80.9 Å². The molecule has 0 spiro atoms. The first-order valence-corrected chi connectivity index (χ1v) is 5.13. The number of unbranched alkanes of at least 4 members (excludes halogenated alkanes) is 6. The van der Waals surface area contributed by atoms with Crippen molar-refractivity contribution < 1.29 is 4.79 Å². The van der Waals surface area contributed by atoms with Crippen LogP contribution in [0.25, 0.3) is 0 Å². The lowest BCUT2D eigenvalue weighted by molar-refractivity contribution is -0.117. The fourth-order valence-corrected chi connectivity index (χ4v) is 1.29. The molecule has 2 heteroatoms. The molecule has 0 heterocycles. The number of rotatable bonds is 8. The lowest BCUT2D eigenvalue weighted by Crippen LogP contribution is -1.89. The quantitative estimate of drug-likeness (QED) is 0.539. The number of hydrogen-bond donors (Lipinski definition) is 0. The van der Waals surface area contributed by atoms with Gasteiger partial charge in [0.15, 0.2) is 0 Å². The summed E-state index contributed by atoms with van der Waals surface area (Å²) in [6, 6.07) is 2.14. The Hall–Kier alpha value is -0.840. The van der Waals surface area contributed by atoms with Crippen LogP contribution >= 0.6 is 0 Å². The summed E-state index contributed by atoms with van der Waals surface area (Å²) in [5.74, 6) is 0.296. The first-order chi connectivity index (χ1) is 6.27. The maximum atomic E-state index is 10.6. The highest BCUT2D eigenvalue weighted by Crippen LogP contribution is 2.08. The summed E-state index contributed by atoms with van der Waals surface area (Å²) < 4.78 is 0. The molecule has 0 saturated heterocycles. The predicted octanol–water partition coefficient (Wildman–Crippen LogP) is 3.22. The van der Waals surface area contributed by atoms with E-state index in [0.717, 1.165) is 32.1 Å². The van der Waals surface area contributed by atoms with E-state index in [2.05, 4.69) is 6.07 Å². The molecule has 0 fully saturated rings. The Morgan fingerprint density at radius 1 is 1.08 bits per heavy atom. The molecule has 0 rings (SSSR count). The topological polar surface area (TPSA) is 40.9 Å². The molecule has 0 radical (unpaired) electrons. The average Bonchev–Trinajstić information content (AvgIpc) is 2.09. The lowest BCUT2D eigenvalue weighted by atomic mass is 10.1. The molecule has 0 unspecified atom stereocenters. The molecule has 0 aliphatic rings. The molecule has 0 atom stereocenters. The van der Waals surface area contributed by atoms with Crippen LogP contribution in [0.1, 0.15) is 58.3 Å². The number of ketones is 1. The molecule has 0 saturated carbocycles. The van der Waals surface area contributed by atoms with Gasteiger partial charge in [0, 0.05) is 12.8 Å². The van der Waals surface area contributed by atoms with Gasteiger partial charge in [-0.1, -0.05) is 25.7 Å². The smallest absolute Gasteiger partial charge is 0.129 e. The third-order valence-electron chi connectivity index (χ3n) is 2.07. The fraction of sp³-hybridized carbons (Fsp3) is 0.818. The first kappa shape index (κ1) is 12.2. The zero-order valence-corrected chi connectivity index (χ0v) is 8.51. The van der Waals surface area contributed by atoms with Gasteiger partial charge in [0.25, 0.3) is 0 Å². The average molecular weight is 181 g/mol. The lowest BCUT2D eigenvalue weighted by Gasteiger charge is -1.98. The van der Waals surface area contributed by atoms with Crippen LogP contribution in [0, 0.1) is 11.3 Å². The van der Waals surface area contributed by atoms with Crippen molar-refractivity contribution in [2.75, 3.05) is 0 Å². The van der Waals surface area contributed by atoms with E-state index >= 15 is 0 Å². The van der Waals surface area contributed by atoms with Crippen LogP contribution < -0.4 is 0 Å². The number of Topliss-reactive ketones (excluding diaryl/α,β-unsaturated/α-hetero) is 1. The molecule has 74 valence electrons. The highest BCUT2D eigenvalue weighted by atomic mass is 16.1. The van der Waals surface area contributed by atoms with Gasteiger partial charge in [-0.2, -0.15) is 5.26 Å². The highest BCUT2D eigenvalue weighted by molar-refractivity contribution is 5.75. The maximum absolute atomic E-state index is 10.6. The molecule has 0 aromatic rings. The Morgan fingerprint density at radius 2 is 1.62 bits per heavy atom. The molecular weight excluding hydrogens is 162 g/mol. The van der Waals surface area contributed by atoms with Gasteiger partial charge in [-0.3, -0.25) is 0 Å². The summed E-state index contributed by atoms with van der Waals surface area (Å²) in [5.41, 5.74) is 0. The molecule has 0 aromatic heterocycles. The summed E-state index contributed by atoms with van der Waals surface area (Å²) >= 11 is 0. The Bertz CT molecular complexity index is 169. The van der Waals surface area contributed by atoms with E-state index in [1.807, 2.05) is 0 Å². The fourth-order valence-electron chi connectivity index (χ4n) is 1.29. The zero-order chi connectivity index (χ0) is 9.94. The number of hydrogen-bond acceptors (Lipinski definition) is 2. The molecule has 0 bridgehead atoms. The Morgan fingerprint density at radius 3 is 2.15 bits per heavy atom. The molecule has 13 heavy (non-hydrogen) atoms. The molecular formula is C11H19NO. The van der Waals surface area contributed by atoms with Gasteiger partial charge >= 0.3 is 0 Å². The molecule has 0 amide bonds. The van der Waals surface area contributed by atoms with E-state index in [0.29, 0.717) is 12.2 Å². The molecule has 2 nitrogen and oxygen atoms in total. The van der Waals surface area contributed by atoms with Gasteiger partial charge < -0.3 is 4.79 Å². The third-order valence-corrected chi connectivity index (χ3v) is 2.07. The minimum absolute atomic E-state index is 0.296. The summed E-state index contributed by atoms with van der Waals surface area (Å²) in [6.45, 7) is 1.65. The normalized spacial score (nSPS) is 9.54. The monoisotopic (exact) mass is 181 g/mol. The van der Waals surface area contributed by atoms with Crippen LogP contribution in [0.3, 0.4) is 0 Å².